The topological polar surface area (TPSA) is 29.3 Å². The molecule has 0 radical (unpaired) electrons. The number of aromatic nitrogens is 1. The zero-order chi connectivity index (χ0) is 14.8. The van der Waals surface area contributed by atoms with E-state index in [1.807, 2.05) is 44.4 Å². The van der Waals surface area contributed by atoms with Gasteiger partial charge in [0, 0.05) is 30.9 Å². The van der Waals surface area contributed by atoms with Gasteiger partial charge in [0.25, 0.3) is 0 Å². The summed E-state index contributed by atoms with van der Waals surface area (Å²) in [6, 6.07) is 18.4. The summed E-state index contributed by atoms with van der Waals surface area (Å²) in [4.78, 5) is 2.08. The van der Waals surface area contributed by atoms with Gasteiger partial charge >= 0.3 is 0 Å². The van der Waals surface area contributed by atoms with Gasteiger partial charge in [0.2, 0.25) is 0 Å². The van der Waals surface area contributed by atoms with Crippen LogP contribution in [0.2, 0.25) is 0 Å². The number of hydrogen-bond acceptors (Lipinski definition) is 3. The molecule has 4 heteroatoms. The molecule has 0 unspecified atom stereocenters. The molecule has 2 aromatic carbocycles. The monoisotopic (exact) mass is 390 g/mol. The zero-order valence-electron chi connectivity index (χ0n) is 11.9. The van der Waals surface area contributed by atoms with E-state index in [1.165, 1.54) is 5.69 Å². The Balaban J connectivity index is 1.99. The van der Waals surface area contributed by atoms with Crippen LogP contribution in [0, 0.1) is 3.57 Å². The standard InChI is InChI=1S/C17H15IN2O/c1-20(2)14-10-8-12(9-11-14)16-15(18)17(21-19-16)13-6-4-3-5-7-13/h3-11H,1-2H3. The first-order chi connectivity index (χ1) is 10.2. The maximum absolute atomic E-state index is 5.55. The van der Waals surface area contributed by atoms with Crippen molar-refractivity contribution in [1.82, 2.24) is 5.16 Å². The lowest BCUT2D eigenvalue weighted by Gasteiger charge is -2.12. The van der Waals surface area contributed by atoms with Gasteiger partial charge in [0.05, 0.1) is 3.57 Å². The Morgan fingerprint density at radius 3 is 2.19 bits per heavy atom. The van der Waals surface area contributed by atoms with Gasteiger partial charge in [0.15, 0.2) is 5.76 Å². The highest BCUT2D eigenvalue weighted by Crippen LogP contribution is 2.33. The number of anilines is 1. The smallest absolute Gasteiger partial charge is 0.180 e. The summed E-state index contributed by atoms with van der Waals surface area (Å²) < 4.78 is 6.58. The normalized spacial score (nSPS) is 10.6. The molecule has 0 saturated carbocycles. The molecule has 0 fully saturated rings. The minimum Gasteiger partial charge on any atom is -0.378 e. The van der Waals surface area contributed by atoms with E-state index < -0.39 is 0 Å². The van der Waals surface area contributed by atoms with E-state index in [-0.39, 0.29) is 0 Å². The molecule has 3 rings (SSSR count). The van der Waals surface area contributed by atoms with Crippen LogP contribution >= 0.6 is 22.6 Å². The third-order valence-corrected chi connectivity index (χ3v) is 4.33. The first-order valence-electron chi connectivity index (χ1n) is 6.65. The third-order valence-electron chi connectivity index (χ3n) is 3.33. The number of halogens is 1. The molecule has 0 bridgehead atoms. The summed E-state index contributed by atoms with van der Waals surface area (Å²) in [5.41, 5.74) is 4.17. The molecule has 106 valence electrons. The summed E-state index contributed by atoms with van der Waals surface area (Å²) in [5.74, 6) is 0.822. The molecule has 0 atom stereocenters. The van der Waals surface area contributed by atoms with Crippen LogP contribution in [0.3, 0.4) is 0 Å². The Bertz CT molecular complexity index is 733. The average molecular weight is 390 g/mol. The second-order valence-electron chi connectivity index (χ2n) is 4.98. The largest absolute Gasteiger partial charge is 0.378 e. The van der Waals surface area contributed by atoms with E-state index >= 15 is 0 Å². The Morgan fingerprint density at radius 2 is 1.57 bits per heavy atom. The van der Waals surface area contributed by atoms with Gasteiger partial charge in [-0.15, -0.1) is 0 Å². The van der Waals surface area contributed by atoms with E-state index in [9.17, 15) is 0 Å². The number of rotatable bonds is 3. The van der Waals surface area contributed by atoms with Crippen LogP contribution in [0.25, 0.3) is 22.6 Å². The molecule has 21 heavy (non-hydrogen) atoms. The number of nitrogens with zero attached hydrogens (tertiary/aromatic N) is 2. The Hall–Kier alpha value is -1.82. The predicted molar refractivity (Wildman–Crippen MR) is 94.4 cm³/mol. The molecule has 0 spiro atoms. The molecular weight excluding hydrogens is 375 g/mol. The first-order valence-corrected chi connectivity index (χ1v) is 7.73. The lowest BCUT2D eigenvalue weighted by molar-refractivity contribution is 0.434. The summed E-state index contributed by atoms with van der Waals surface area (Å²) in [6.45, 7) is 0. The van der Waals surface area contributed by atoms with Crippen molar-refractivity contribution in [2.45, 2.75) is 0 Å². The maximum Gasteiger partial charge on any atom is 0.180 e. The van der Waals surface area contributed by atoms with Gasteiger partial charge in [-0.2, -0.15) is 0 Å². The summed E-state index contributed by atoms with van der Waals surface area (Å²) in [6.07, 6.45) is 0. The van der Waals surface area contributed by atoms with Crippen molar-refractivity contribution in [2.75, 3.05) is 19.0 Å². The van der Waals surface area contributed by atoms with Crippen LogP contribution in [0.1, 0.15) is 0 Å². The van der Waals surface area contributed by atoms with Crippen LogP contribution in [0.15, 0.2) is 59.1 Å². The molecule has 0 N–H and O–H groups in total. The van der Waals surface area contributed by atoms with Crippen molar-refractivity contribution < 1.29 is 4.52 Å². The molecule has 3 aromatic rings. The molecule has 0 amide bonds. The van der Waals surface area contributed by atoms with Crippen molar-refractivity contribution in [1.29, 1.82) is 0 Å². The quantitative estimate of drug-likeness (QED) is 0.609. The predicted octanol–water partition coefficient (Wildman–Crippen LogP) is 4.68. The van der Waals surface area contributed by atoms with Crippen molar-refractivity contribution in [2.24, 2.45) is 0 Å². The molecule has 0 aliphatic carbocycles. The third kappa shape index (κ3) is 2.81. The van der Waals surface area contributed by atoms with E-state index in [2.05, 4.69) is 56.9 Å². The second-order valence-corrected chi connectivity index (χ2v) is 6.06. The van der Waals surface area contributed by atoms with Crippen molar-refractivity contribution in [3.05, 3.63) is 58.2 Å². The van der Waals surface area contributed by atoms with Crippen molar-refractivity contribution in [3.63, 3.8) is 0 Å². The summed E-state index contributed by atoms with van der Waals surface area (Å²) in [5, 5.41) is 4.24. The number of hydrogen-bond donors (Lipinski definition) is 0. The molecule has 1 heterocycles. The van der Waals surface area contributed by atoms with E-state index in [0.717, 1.165) is 26.2 Å². The SMILES string of the molecule is CN(C)c1ccc(-c2noc(-c3ccccc3)c2I)cc1. The highest BCUT2D eigenvalue weighted by Gasteiger charge is 2.16. The molecule has 0 aliphatic heterocycles. The minimum atomic E-state index is 0.822. The molecule has 3 nitrogen and oxygen atoms in total. The first kappa shape index (κ1) is 14.1. The fourth-order valence-corrected chi connectivity index (χ4v) is 2.96. The fraction of sp³-hybridized carbons (Fsp3) is 0.118. The van der Waals surface area contributed by atoms with Gasteiger partial charge in [-0.3, -0.25) is 0 Å². The van der Waals surface area contributed by atoms with Crippen molar-refractivity contribution in [3.8, 4) is 22.6 Å². The average Bonchev–Trinajstić information content (AvgIpc) is 2.90. The number of benzene rings is 2. The Morgan fingerprint density at radius 1 is 0.905 bits per heavy atom. The lowest BCUT2D eigenvalue weighted by Crippen LogP contribution is -2.07. The van der Waals surface area contributed by atoms with E-state index in [1.54, 1.807) is 0 Å². The Kier molecular flexibility index (Phi) is 3.96. The van der Waals surface area contributed by atoms with Crippen LogP contribution in [0.5, 0.6) is 0 Å². The second kappa shape index (κ2) is 5.89. The molecule has 0 saturated heterocycles. The highest BCUT2D eigenvalue weighted by molar-refractivity contribution is 14.1. The van der Waals surface area contributed by atoms with E-state index in [0.29, 0.717) is 0 Å². The van der Waals surface area contributed by atoms with Crippen LogP contribution in [-0.4, -0.2) is 19.3 Å². The van der Waals surface area contributed by atoms with Crippen molar-refractivity contribution >= 4 is 28.3 Å². The van der Waals surface area contributed by atoms with Gasteiger partial charge in [-0.1, -0.05) is 47.6 Å². The van der Waals surface area contributed by atoms with Gasteiger partial charge < -0.3 is 9.42 Å². The summed E-state index contributed by atoms with van der Waals surface area (Å²) >= 11 is 2.30. The van der Waals surface area contributed by atoms with Gasteiger partial charge in [-0.05, 0) is 34.7 Å². The van der Waals surface area contributed by atoms with Crippen LogP contribution in [-0.2, 0) is 0 Å². The minimum absolute atomic E-state index is 0.822. The summed E-state index contributed by atoms with van der Waals surface area (Å²) in [7, 11) is 4.06. The molecule has 0 aliphatic rings. The maximum atomic E-state index is 5.55. The van der Waals surface area contributed by atoms with E-state index in [4.69, 9.17) is 4.52 Å². The zero-order valence-corrected chi connectivity index (χ0v) is 14.0. The fourth-order valence-electron chi connectivity index (χ4n) is 2.14. The van der Waals surface area contributed by atoms with Gasteiger partial charge in [-0.25, -0.2) is 0 Å². The Labute approximate surface area is 137 Å². The lowest BCUT2D eigenvalue weighted by atomic mass is 10.1. The molecule has 1 aromatic heterocycles. The molecular formula is C17H15IN2O. The van der Waals surface area contributed by atoms with Crippen LogP contribution < -0.4 is 4.90 Å². The van der Waals surface area contributed by atoms with Gasteiger partial charge in [0.1, 0.15) is 5.69 Å². The van der Waals surface area contributed by atoms with Crippen LogP contribution in [0.4, 0.5) is 5.69 Å². The highest BCUT2D eigenvalue weighted by atomic mass is 127.